The number of carbonyl (C=O) groups excluding carboxylic acids is 2. The van der Waals surface area contributed by atoms with Crippen molar-refractivity contribution >= 4 is 21.9 Å². The van der Waals surface area contributed by atoms with Crippen LogP contribution in [0.1, 0.15) is 53.9 Å². The van der Waals surface area contributed by atoms with Crippen LogP contribution in [0.2, 0.25) is 0 Å². The van der Waals surface area contributed by atoms with Crippen LogP contribution in [0.5, 0.6) is 0 Å². The first-order valence-corrected chi connectivity index (χ1v) is 12.2. The molecule has 0 spiro atoms. The smallest absolute Gasteiger partial charge is 0.267 e. The molecule has 178 valence electrons. The second-order valence-corrected chi connectivity index (χ2v) is 10.3. The van der Waals surface area contributed by atoms with E-state index in [0.29, 0.717) is 5.57 Å². The van der Waals surface area contributed by atoms with Gasteiger partial charge in [-0.15, -0.1) is 0 Å². The molecule has 1 aliphatic rings. The third kappa shape index (κ3) is 9.78. The second-order valence-electron chi connectivity index (χ2n) is 8.85. The van der Waals surface area contributed by atoms with Crippen LogP contribution >= 0.6 is 0 Å². The summed E-state index contributed by atoms with van der Waals surface area (Å²) in [6.45, 7) is 10.5. The van der Waals surface area contributed by atoms with Gasteiger partial charge in [-0.3, -0.25) is 14.1 Å². The highest BCUT2D eigenvalue weighted by Crippen LogP contribution is 2.40. The Morgan fingerprint density at radius 3 is 2.41 bits per heavy atom. The number of rotatable bonds is 9. The fourth-order valence-corrected chi connectivity index (χ4v) is 4.32. The number of carbonyl (C=O) groups is 2. The zero-order valence-electron chi connectivity index (χ0n) is 19.9. The Labute approximate surface area is 192 Å². The van der Waals surface area contributed by atoms with Gasteiger partial charge in [0.05, 0.1) is 0 Å². The van der Waals surface area contributed by atoms with Gasteiger partial charge < -0.3 is 10.6 Å². The lowest BCUT2D eigenvalue weighted by Crippen LogP contribution is -2.49. The van der Waals surface area contributed by atoms with E-state index in [1.165, 1.54) is 37.1 Å². The van der Waals surface area contributed by atoms with Crippen LogP contribution in [-0.2, 0) is 19.7 Å². The molecule has 1 rings (SSSR count). The van der Waals surface area contributed by atoms with E-state index in [0.717, 1.165) is 12.0 Å². The van der Waals surface area contributed by atoms with Crippen LogP contribution in [-0.4, -0.2) is 43.6 Å². The molecule has 0 saturated heterocycles. The quantitative estimate of drug-likeness (QED) is 0.274. The normalized spacial score (nSPS) is 18.8. The van der Waals surface area contributed by atoms with Crippen molar-refractivity contribution in [1.82, 2.24) is 10.6 Å². The number of allylic oxidation sites excluding steroid dienone is 9. The van der Waals surface area contributed by atoms with E-state index in [9.17, 15) is 18.0 Å². The number of nitrogens with one attached hydrogen (secondary N) is 2. The summed E-state index contributed by atoms with van der Waals surface area (Å²) in [6.07, 6.45) is 14.6. The molecule has 0 bridgehead atoms. The maximum Gasteiger partial charge on any atom is 0.267 e. The van der Waals surface area contributed by atoms with Gasteiger partial charge in [-0.05, 0) is 56.6 Å². The van der Waals surface area contributed by atoms with Gasteiger partial charge in [0.2, 0.25) is 11.8 Å². The summed E-state index contributed by atoms with van der Waals surface area (Å²) >= 11 is 0. The van der Waals surface area contributed by atoms with Crippen molar-refractivity contribution in [1.29, 1.82) is 0 Å². The fourth-order valence-electron chi connectivity index (χ4n) is 3.67. The molecule has 0 heterocycles. The first kappa shape index (κ1) is 27.6. The van der Waals surface area contributed by atoms with Crippen LogP contribution in [0.4, 0.5) is 0 Å². The third-order valence-electron chi connectivity index (χ3n) is 5.39. The summed E-state index contributed by atoms with van der Waals surface area (Å²) in [4.78, 5) is 23.9. The number of hydrogen-bond donors (Lipinski definition) is 3. The van der Waals surface area contributed by atoms with Crippen LogP contribution in [0.3, 0.4) is 0 Å². The van der Waals surface area contributed by atoms with Gasteiger partial charge in [-0.1, -0.05) is 55.4 Å². The largest absolute Gasteiger partial charge is 0.357 e. The Hall–Kier alpha value is -2.45. The van der Waals surface area contributed by atoms with E-state index in [1.54, 1.807) is 13.0 Å². The van der Waals surface area contributed by atoms with Crippen molar-refractivity contribution in [2.24, 2.45) is 5.41 Å². The molecule has 32 heavy (non-hydrogen) atoms. The minimum Gasteiger partial charge on any atom is -0.357 e. The van der Waals surface area contributed by atoms with E-state index in [1.807, 2.05) is 19.1 Å². The predicted octanol–water partition coefficient (Wildman–Crippen LogP) is 3.64. The van der Waals surface area contributed by atoms with Crippen LogP contribution < -0.4 is 10.6 Å². The predicted molar refractivity (Wildman–Crippen MR) is 129 cm³/mol. The van der Waals surface area contributed by atoms with E-state index < -0.39 is 33.7 Å². The lowest BCUT2D eigenvalue weighted by Gasteiger charge is -2.32. The Bertz CT molecular complexity index is 966. The molecule has 0 fully saturated rings. The molecule has 0 aromatic rings. The van der Waals surface area contributed by atoms with E-state index in [-0.39, 0.29) is 5.41 Å². The fraction of sp³-hybridized carbons (Fsp3) is 0.500. The number of amides is 2. The Morgan fingerprint density at radius 2 is 1.84 bits per heavy atom. The monoisotopic (exact) mass is 464 g/mol. The van der Waals surface area contributed by atoms with Gasteiger partial charge in [0, 0.05) is 13.1 Å². The van der Waals surface area contributed by atoms with Crippen molar-refractivity contribution in [3.8, 4) is 0 Å². The SMILES string of the molecule is CNC(=O)[C@H](CS(=O)(=O)O)NC(=O)C=C(C)C=CC=C(C)C=CC1=C(C)CCCC1(C)C. The van der Waals surface area contributed by atoms with E-state index in [2.05, 4.69) is 43.6 Å². The van der Waals surface area contributed by atoms with Gasteiger partial charge >= 0.3 is 0 Å². The highest BCUT2D eigenvalue weighted by atomic mass is 32.2. The van der Waals surface area contributed by atoms with E-state index >= 15 is 0 Å². The number of likely N-dealkylation sites (N-methyl/N-ethyl adjacent to an activating group) is 1. The molecule has 0 unspecified atom stereocenters. The van der Waals surface area contributed by atoms with Gasteiger partial charge in [0.1, 0.15) is 11.8 Å². The summed E-state index contributed by atoms with van der Waals surface area (Å²) in [5.74, 6) is -2.25. The molecule has 1 atom stereocenters. The van der Waals surface area contributed by atoms with Gasteiger partial charge in [-0.2, -0.15) is 8.42 Å². The molecule has 3 N–H and O–H groups in total. The average molecular weight is 465 g/mol. The van der Waals surface area contributed by atoms with Crippen molar-refractivity contribution in [2.75, 3.05) is 12.8 Å². The van der Waals surface area contributed by atoms with Crippen LogP contribution in [0.15, 0.2) is 58.7 Å². The maximum atomic E-state index is 12.1. The second kappa shape index (κ2) is 12.0. The first-order valence-electron chi connectivity index (χ1n) is 10.6. The topological polar surface area (TPSA) is 113 Å². The molecule has 8 heteroatoms. The maximum absolute atomic E-state index is 12.1. The van der Waals surface area contributed by atoms with Gasteiger partial charge in [0.15, 0.2) is 0 Å². The van der Waals surface area contributed by atoms with Gasteiger partial charge in [-0.25, -0.2) is 0 Å². The molecule has 2 amide bonds. The minimum absolute atomic E-state index is 0.184. The molecular formula is C24H36N2O5S. The van der Waals surface area contributed by atoms with Crippen molar-refractivity contribution in [3.63, 3.8) is 0 Å². The molecule has 1 aliphatic carbocycles. The first-order chi connectivity index (χ1) is 14.7. The van der Waals surface area contributed by atoms with Crippen LogP contribution in [0, 0.1) is 5.41 Å². The summed E-state index contributed by atoms with van der Waals surface area (Å²) in [7, 11) is -3.12. The zero-order chi connectivity index (χ0) is 24.5. The van der Waals surface area contributed by atoms with Crippen molar-refractivity contribution < 1.29 is 22.6 Å². The molecular weight excluding hydrogens is 428 g/mol. The summed E-state index contributed by atoms with van der Waals surface area (Å²) < 4.78 is 31.1. The van der Waals surface area contributed by atoms with Crippen LogP contribution in [0.25, 0.3) is 0 Å². The Kier molecular flexibility index (Phi) is 10.3. The minimum atomic E-state index is -4.43. The highest BCUT2D eigenvalue weighted by molar-refractivity contribution is 7.85. The van der Waals surface area contributed by atoms with E-state index in [4.69, 9.17) is 4.55 Å². The number of hydrogen-bond acceptors (Lipinski definition) is 4. The summed E-state index contributed by atoms with van der Waals surface area (Å²) in [6, 6.07) is -1.38. The molecule has 7 nitrogen and oxygen atoms in total. The zero-order valence-corrected chi connectivity index (χ0v) is 20.7. The Balaban J connectivity index is 2.80. The molecule has 0 radical (unpaired) electrons. The highest BCUT2D eigenvalue weighted by Gasteiger charge is 2.26. The lowest BCUT2D eigenvalue weighted by atomic mass is 9.72. The van der Waals surface area contributed by atoms with Crippen molar-refractivity contribution in [2.45, 2.75) is 59.9 Å². The lowest BCUT2D eigenvalue weighted by molar-refractivity contribution is -0.126. The van der Waals surface area contributed by atoms with Crippen molar-refractivity contribution in [3.05, 3.63) is 58.7 Å². The summed E-state index contributed by atoms with van der Waals surface area (Å²) in [5.41, 5.74) is 4.69. The molecule has 0 aromatic heterocycles. The van der Waals surface area contributed by atoms with Gasteiger partial charge in [0.25, 0.3) is 10.1 Å². The summed E-state index contributed by atoms with van der Waals surface area (Å²) in [5, 5.41) is 4.55. The molecule has 0 aliphatic heterocycles. The average Bonchev–Trinajstić information content (AvgIpc) is 2.64. The third-order valence-corrected chi connectivity index (χ3v) is 6.14. The standard InChI is InChI=1S/C24H36N2O5S/c1-17(12-13-20-19(3)11-8-14-24(20,4)5)9-7-10-18(2)15-22(27)26-21(23(28)25-6)16-32(29,30)31/h7,9-10,12-13,15,21H,8,11,14,16H2,1-6H3,(H,25,28)(H,26,27)(H,29,30,31)/t21-/m0/s1. The Morgan fingerprint density at radius 1 is 1.19 bits per heavy atom. The molecule has 0 aromatic carbocycles. The molecule has 0 saturated carbocycles.